The minimum Gasteiger partial charge on any atom is -0.459 e. The van der Waals surface area contributed by atoms with Gasteiger partial charge in [-0.1, -0.05) is 12.1 Å². The third-order valence-electron chi connectivity index (χ3n) is 4.20. The molecule has 0 spiro atoms. The lowest BCUT2D eigenvalue weighted by Crippen LogP contribution is -2.48. The summed E-state index contributed by atoms with van der Waals surface area (Å²) in [6.45, 7) is 5.54. The first kappa shape index (κ1) is 16.9. The standard InChI is InChI=1S/C18H21FN2O2S/c1-10(2)23-17(22)15-11(3)21(14-8-9-14)18(24)20-16(15)12-4-6-13(19)7-5-12/h4-7,10,14,16H,8-9H2,1-3H3,(H,20,24). The highest BCUT2D eigenvalue weighted by Gasteiger charge is 2.40. The fraction of sp³-hybridized carbons (Fsp3) is 0.444. The van der Waals surface area contributed by atoms with Crippen LogP contribution in [0.5, 0.6) is 0 Å². The maximum atomic E-state index is 13.3. The van der Waals surface area contributed by atoms with E-state index in [4.69, 9.17) is 17.0 Å². The number of allylic oxidation sites excluding steroid dienone is 1. The van der Waals surface area contributed by atoms with Crippen LogP contribution in [-0.4, -0.2) is 28.1 Å². The molecule has 24 heavy (non-hydrogen) atoms. The molecule has 6 heteroatoms. The van der Waals surface area contributed by atoms with Crippen molar-refractivity contribution in [2.75, 3.05) is 0 Å². The van der Waals surface area contributed by atoms with Crippen molar-refractivity contribution in [3.05, 3.63) is 46.9 Å². The lowest BCUT2D eigenvalue weighted by Gasteiger charge is -2.38. The van der Waals surface area contributed by atoms with E-state index in [1.54, 1.807) is 12.1 Å². The first-order valence-electron chi connectivity index (χ1n) is 8.15. The van der Waals surface area contributed by atoms with E-state index in [2.05, 4.69) is 5.32 Å². The van der Waals surface area contributed by atoms with Crippen molar-refractivity contribution in [1.82, 2.24) is 10.2 Å². The maximum absolute atomic E-state index is 13.3. The van der Waals surface area contributed by atoms with Gasteiger partial charge in [0.25, 0.3) is 0 Å². The van der Waals surface area contributed by atoms with Crippen molar-refractivity contribution in [3.8, 4) is 0 Å². The first-order valence-corrected chi connectivity index (χ1v) is 8.56. The highest BCUT2D eigenvalue weighted by Crippen LogP contribution is 2.38. The summed E-state index contributed by atoms with van der Waals surface area (Å²) in [4.78, 5) is 14.7. The van der Waals surface area contributed by atoms with E-state index < -0.39 is 6.04 Å². The molecule has 1 atom stereocenters. The second kappa shape index (κ2) is 6.51. The Balaban J connectivity index is 2.03. The predicted octanol–water partition coefficient (Wildman–Crippen LogP) is 3.44. The number of hydrogen-bond donors (Lipinski definition) is 1. The van der Waals surface area contributed by atoms with Gasteiger partial charge in [0.2, 0.25) is 0 Å². The lowest BCUT2D eigenvalue weighted by molar-refractivity contribution is -0.143. The van der Waals surface area contributed by atoms with E-state index in [1.807, 2.05) is 25.7 Å². The Bertz CT molecular complexity index is 695. The van der Waals surface area contributed by atoms with Gasteiger partial charge in [-0.3, -0.25) is 0 Å². The van der Waals surface area contributed by atoms with Crippen LogP contribution in [0.4, 0.5) is 4.39 Å². The van der Waals surface area contributed by atoms with Crippen LogP contribution in [-0.2, 0) is 9.53 Å². The molecule has 1 N–H and O–H groups in total. The second-order valence-corrected chi connectivity index (χ2v) is 6.88. The number of rotatable bonds is 4. The van der Waals surface area contributed by atoms with Crippen LogP contribution in [0.15, 0.2) is 35.5 Å². The summed E-state index contributed by atoms with van der Waals surface area (Å²) in [5.41, 5.74) is 2.14. The normalized spacial score (nSPS) is 21.1. The zero-order valence-electron chi connectivity index (χ0n) is 14.0. The molecule has 1 fully saturated rings. The molecule has 1 aliphatic carbocycles. The number of nitrogens with one attached hydrogen (secondary N) is 1. The minimum absolute atomic E-state index is 0.213. The van der Waals surface area contributed by atoms with Crippen LogP contribution in [0.3, 0.4) is 0 Å². The molecule has 128 valence electrons. The zero-order chi connectivity index (χ0) is 17.4. The molecule has 2 aliphatic rings. The number of halogens is 1. The van der Waals surface area contributed by atoms with Gasteiger partial charge in [0.1, 0.15) is 5.82 Å². The SMILES string of the molecule is CC1=C(C(=O)OC(C)C)C(c2ccc(F)cc2)NC(=S)N1C1CC1. The molecule has 0 saturated heterocycles. The van der Waals surface area contributed by atoms with Gasteiger partial charge in [0.05, 0.1) is 17.7 Å². The van der Waals surface area contributed by atoms with Gasteiger partial charge >= 0.3 is 5.97 Å². The summed E-state index contributed by atoms with van der Waals surface area (Å²) in [5.74, 6) is -0.679. The summed E-state index contributed by atoms with van der Waals surface area (Å²) in [6, 6.07) is 6.01. The summed E-state index contributed by atoms with van der Waals surface area (Å²) in [6.07, 6.45) is 1.91. The van der Waals surface area contributed by atoms with Crippen molar-refractivity contribution >= 4 is 23.3 Å². The molecule has 1 heterocycles. The summed E-state index contributed by atoms with van der Waals surface area (Å²) in [5, 5.41) is 3.84. The van der Waals surface area contributed by atoms with E-state index in [-0.39, 0.29) is 17.9 Å². The topological polar surface area (TPSA) is 41.6 Å². The fourth-order valence-electron chi connectivity index (χ4n) is 2.98. The number of carbonyl (C=O) groups excluding carboxylic acids is 1. The number of hydrogen-bond acceptors (Lipinski definition) is 3. The Kier molecular flexibility index (Phi) is 4.58. The first-order chi connectivity index (χ1) is 11.4. The summed E-state index contributed by atoms with van der Waals surface area (Å²) in [7, 11) is 0. The molecule has 0 bridgehead atoms. The van der Waals surface area contributed by atoms with Crippen LogP contribution in [0.2, 0.25) is 0 Å². The van der Waals surface area contributed by atoms with Crippen molar-refractivity contribution in [2.45, 2.75) is 51.8 Å². The number of thiocarbonyl (C=S) groups is 1. The fourth-order valence-corrected chi connectivity index (χ4v) is 3.38. The van der Waals surface area contributed by atoms with Crippen LogP contribution in [0.1, 0.15) is 45.2 Å². The third kappa shape index (κ3) is 3.29. The van der Waals surface area contributed by atoms with Gasteiger partial charge < -0.3 is 15.0 Å². The molecule has 1 aromatic rings. The van der Waals surface area contributed by atoms with E-state index in [9.17, 15) is 9.18 Å². The zero-order valence-corrected chi connectivity index (χ0v) is 14.8. The molecule has 3 rings (SSSR count). The van der Waals surface area contributed by atoms with Gasteiger partial charge in [-0.2, -0.15) is 0 Å². The highest BCUT2D eigenvalue weighted by atomic mass is 32.1. The number of ether oxygens (including phenoxy) is 1. The molecule has 1 aromatic carbocycles. The highest BCUT2D eigenvalue weighted by molar-refractivity contribution is 7.80. The number of esters is 1. The lowest BCUT2D eigenvalue weighted by atomic mass is 9.95. The molecule has 0 amide bonds. The second-order valence-electron chi connectivity index (χ2n) is 6.49. The Morgan fingerprint density at radius 2 is 1.96 bits per heavy atom. The van der Waals surface area contributed by atoms with E-state index in [0.29, 0.717) is 16.7 Å². The Labute approximate surface area is 146 Å². The molecule has 1 aliphatic heterocycles. The van der Waals surface area contributed by atoms with Gasteiger partial charge in [0.15, 0.2) is 5.11 Å². The van der Waals surface area contributed by atoms with Crippen molar-refractivity contribution in [1.29, 1.82) is 0 Å². The smallest absolute Gasteiger partial charge is 0.338 e. The van der Waals surface area contributed by atoms with Gasteiger partial charge in [-0.25, -0.2) is 9.18 Å². The summed E-state index contributed by atoms with van der Waals surface area (Å²) >= 11 is 5.51. The van der Waals surface area contributed by atoms with Crippen LogP contribution < -0.4 is 5.32 Å². The molecule has 1 unspecified atom stereocenters. The van der Waals surface area contributed by atoms with Crippen molar-refractivity contribution < 1.29 is 13.9 Å². The maximum Gasteiger partial charge on any atom is 0.338 e. The number of nitrogens with zero attached hydrogens (tertiary/aromatic N) is 1. The molecule has 0 radical (unpaired) electrons. The van der Waals surface area contributed by atoms with E-state index in [1.165, 1.54) is 12.1 Å². The monoisotopic (exact) mass is 348 g/mol. The number of carbonyl (C=O) groups is 1. The average Bonchev–Trinajstić information content (AvgIpc) is 3.31. The van der Waals surface area contributed by atoms with Crippen LogP contribution in [0.25, 0.3) is 0 Å². The van der Waals surface area contributed by atoms with Crippen LogP contribution in [0, 0.1) is 5.82 Å². The molecular weight excluding hydrogens is 327 g/mol. The van der Waals surface area contributed by atoms with Gasteiger partial charge in [0, 0.05) is 11.7 Å². The van der Waals surface area contributed by atoms with Gasteiger partial charge in [-0.05, 0) is 63.5 Å². The Morgan fingerprint density at radius 3 is 2.50 bits per heavy atom. The Morgan fingerprint density at radius 1 is 1.33 bits per heavy atom. The molecule has 1 saturated carbocycles. The van der Waals surface area contributed by atoms with E-state index >= 15 is 0 Å². The molecular formula is C18H21FN2O2S. The van der Waals surface area contributed by atoms with Crippen molar-refractivity contribution in [2.24, 2.45) is 0 Å². The summed E-state index contributed by atoms with van der Waals surface area (Å²) < 4.78 is 18.7. The van der Waals surface area contributed by atoms with Gasteiger partial charge in [-0.15, -0.1) is 0 Å². The number of benzene rings is 1. The quantitative estimate of drug-likeness (QED) is 0.667. The average molecular weight is 348 g/mol. The molecule has 4 nitrogen and oxygen atoms in total. The third-order valence-corrected chi connectivity index (χ3v) is 4.52. The van der Waals surface area contributed by atoms with E-state index in [0.717, 1.165) is 24.1 Å². The minimum atomic E-state index is -0.431. The van der Waals surface area contributed by atoms with Crippen LogP contribution >= 0.6 is 12.2 Å². The largest absolute Gasteiger partial charge is 0.459 e. The molecule has 0 aromatic heterocycles. The van der Waals surface area contributed by atoms with Crippen molar-refractivity contribution in [3.63, 3.8) is 0 Å². The Hall–Kier alpha value is -1.95. The predicted molar refractivity (Wildman–Crippen MR) is 93.7 cm³/mol.